The Labute approximate surface area is 91.1 Å². The van der Waals surface area contributed by atoms with E-state index in [1.54, 1.807) is 0 Å². The molecule has 0 spiro atoms. The summed E-state index contributed by atoms with van der Waals surface area (Å²) >= 11 is 0. The largest absolute Gasteiger partial charge is 0.382 e. The van der Waals surface area contributed by atoms with Crippen LogP contribution in [0.3, 0.4) is 0 Å². The van der Waals surface area contributed by atoms with E-state index >= 15 is 0 Å². The molecule has 0 saturated carbocycles. The van der Waals surface area contributed by atoms with Crippen molar-refractivity contribution in [3.8, 4) is 0 Å². The number of piperidine rings is 1. The third kappa shape index (κ3) is 2.31. The smallest absolute Gasteiger partial charge is 0.145 e. The second-order valence-corrected chi connectivity index (χ2v) is 4.50. The van der Waals surface area contributed by atoms with Gasteiger partial charge >= 0.3 is 0 Å². The van der Waals surface area contributed by atoms with Crippen molar-refractivity contribution in [2.45, 2.75) is 38.8 Å². The van der Waals surface area contributed by atoms with Crippen molar-refractivity contribution < 1.29 is 0 Å². The summed E-state index contributed by atoms with van der Waals surface area (Å²) in [6.07, 6.45) is 4.00. The predicted octanol–water partition coefficient (Wildman–Crippen LogP) is 1.38. The molecule has 1 atom stereocenters. The maximum absolute atomic E-state index is 5.67. The van der Waals surface area contributed by atoms with E-state index in [0.717, 1.165) is 6.54 Å². The molecule has 1 aliphatic rings. The molecular weight excluding hydrogens is 188 g/mol. The molecule has 2 N–H and O–H groups in total. The first-order chi connectivity index (χ1) is 7.16. The van der Waals surface area contributed by atoms with Crippen molar-refractivity contribution in [2.24, 2.45) is 7.05 Å². The highest BCUT2D eigenvalue weighted by Gasteiger charge is 2.19. The minimum Gasteiger partial charge on any atom is -0.382 e. The first-order valence-corrected chi connectivity index (χ1v) is 5.69. The average molecular weight is 208 g/mol. The summed E-state index contributed by atoms with van der Waals surface area (Å²) in [5.74, 6) is 0.622. The third-order valence-electron chi connectivity index (χ3n) is 3.30. The second-order valence-electron chi connectivity index (χ2n) is 4.50. The second kappa shape index (κ2) is 4.23. The van der Waals surface area contributed by atoms with E-state index in [-0.39, 0.29) is 0 Å². The third-order valence-corrected chi connectivity index (χ3v) is 3.30. The highest BCUT2D eigenvalue weighted by atomic mass is 15.3. The van der Waals surface area contributed by atoms with Crippen LogP contribution in [-0.4, -0.2) is 27.3 Å². The van der Waals surface area contributed by atoms with Crippen LogP contribution in [0.25, 0.3) is 0 Å². The lowest BCUT2D eigenvalue weighted by Gasteiger charge is -2.33. The Morgan fingerprint density at radius 3 is 2.93 bits per heavy atom. The molecule has 2 rings (SSSR count). The van der Waals surface area contributed by atoms with Gasteiger partial charge in [0.2, 0.25) is 0 Å². The lowest BCUT2D eigenvalue weighted by molar-refractivity contribution is 0.149. The number of anilines is 1. The summed E-state index contributed by atoms with van der Waals surface area (Å²) in [4.78, 5) is 2.51. The van der Waals surface area contributed by atoms with Gasteiger partial charge in [-0.05, 0) is 26.3 Å². The van der Waals surface area contributed by atoms with Gasteiger partial charge in [0.1, 0.15) is 5.82 Å². The van der Waals surface area contributed by atoms with E-state index in [9.17, 15) is 0 Å². The summed E-state index contributed by atoms with van der Waals surface area (Å²) in [5, 5.41) is 4.17. The number of hydrogen-bond acceptors (Lipinski definition) is 3. The molecule has 15 heavy (non-hydrogen) atoms. The SMILES string of the molecule is C[C@@H]1CCCCN1Cc1cc(N)nn1C. The predicted molar refractivity (Wildman–Crippen MR) is 61.3 cm³/mol. The van der Waals surface area contributed by atoms with Gasteiger partial charge in [-0.3, -0.25) is 9.58 Å². The Morgan fingerprint density at radius 2 is 2.33 bits per heavy atom. The van der Waals surface area contributed by atoms with E-state index in [1.165, 1.54) is 31.5 Å². The Kier molecular flexibility index (Phi) is 2.95. The zero-order valence-corrected chi connectivity index (χ0v) is 9.61. The number of hydrogen-bond donors (Lipinski definition) is 1. The van der Waals surface area contributed by atoms with Crippen LogP contribution in [0.15, 0.2) is 6.07 Å². The van der Waals surface area contributed by atoms with Crippen molar-refractivity contribution in [2.75, 3.05) is 12.3 Å². The topological polar surface area (TPSA) is 47.1 Å². The number of aryl methyl sites for hydroxylation is 1. The van der Waals surface area contributed by atoms with Crippen molar-refractivity contribution in [3.05, 3.63) is 11.8 Å². The molecule has 0 bridgehead atoms. The molecule has 0 aliphatic carbocycles. The fourth-order valence-corrected chi connectivity index (χ4v) is 2.28. The van der Waals surface area contributed by atoms with Gasteiger partial charge in [0.15, 0.2) is 0 Å². The lowest BCUT2D eigenvalue weighted by Crippen LogP contribution is -2.37. The van der Waals surface area contributed by atoms with Gasteiger partial charge in [-0.15, -0.1) is 0 Å². The minimum absolute atomic E-state index is 0.622. The lowest BCUT2D eigenvalue weighted by atomic mass is 10.0. The first kappa shape index (κ1) is 10.5. The molecule has 84 valence electrons. The molecule has 1 saturated heterocycles. The molecule has 1 aliphatic heterocycles. The van der Waals surface area contributed by atoms with Crippen molar-refractivity contribution in [1.82, 2.24) is 14.7 Å². The summed E-state index contributed by atoms with van der Waals surface area (Å²) in [6.45, 7) is 4.48. The average Bonchev–Trinajstić information content (AvgIpc) is 2.49. The molecule has 0 amide bonds. The first-order valence-electron chi connectivity index (χ1n) is 5.69. The summed E-state index contributed by atoms with van der Waals surface area (Å²) in [6, 6.07) is 2.66. The van der Waals surface area contributed by atoms with E-state index in [2.05, 4.69) is 16.9 Å². The van der Waals surface area contributed by atoms with Crippen LogP contribution < -0.4 is 5.73 Å². The fraction of sp³-hybridized carbons (Fsp3) is 0.727. The molecule has 0 radical (unpaired) electrons. The summed E-state index contributed by atoms with van der Waals surface area (Å²) < 4.78 is 1.89. The van der Waals surface area contributed by atoms with E-state index in [4.69, 9.17) is 5.73 Å². The van der Waals surface area contributed by atoms with Crippen LogP contribution in [0.4, 0.5) is 5.82 Å². The Bertz CT molecular complexity index is 331. The number of nitrogens with two attached hydrogens (primary N) is 1. The maximum atomic E-state index is 5.67. The van der Waals surface area contributed by atoms with Crippen LogP contribution in [0, 0.1) is 0 Å². The molecule has 1 aromatic rings. The Balaban J connectivity index is 2.04. The molecular formula is C11H20N4. The Morgan fingerprint density at radius 1 is 1.53 bits per heavy atom. The summed E-state index contributed by atoms with van der Waals surface area (Å²) in [7, 11) is 1.96. The molecule has 4 heteroatoms. The molecule has 1 aromatic heterocycles. The number of rotatable bonds is 2. The normalized spacial score (nSPS) is 23.2. The molecule has 0 unspecified atom stereocenters. The molecule has 4 nitrogen and oxygen atoms in total. The van der Waals surface area contributed by atoms with E-state index in [1.807, 2.05) is 17.8 Å². The zero-order valence-electron chi connectivity index (χ0n) is 9.61. The van der Waals surface area contributed by atoms with Gasteiger partial charge in [0, 0.05) is 25.7 Å². The van der Waals surface area contributed by atoms with Crippen molar-refractivity contribution in [3.63, 3.8) is 0 Å². The monoisotopic (exact) mass is 208 g/mol. The number of likely N-dealkylation sites (tertiary alicyclic amines) is 1. The van der Waals surface area contributed by atoms with Gasteiger partial charge < -0.3 is 5.73 Å². The standard InChI is InChI=1S/C11H20N4/c1-9-5-3-4-6-15(9)8-10-7-11(12)13-14(10)2/h7,9H,3-6,8H2,1-2H3,(H2,12,13)/t9-/m1/s1. The number of nitrogen functional groups attached to an aromatic ring is 1. The Hall–Kier alpha value is -1.03. The molecule has 1 fully saturated rings. The van der Waals surface area contributed by atoms with Crippen LogP contribution >= 0.6 is 0 Å². The highest BCUT2D eigenvalue weighted by Crippen LogP contribution is 2.19. The number of nitrogens with zero attached hydrogens (tertiary/aromatic N) is 3. The quantitative estimate of drug-likeness (QED) is 0.798. The van der Waals surface area contributed by atoms with Crippen LogP contribution in [-0.2, 0) is 13.6 Å². The summed E-state index contributed by atoms with van der Waals surface area (Å²) in [5.41, 5.74) is 6.88. The molecule has 0 aromatic carbocycles. The van der Waals surface area contributed by atoms with E-state index < -0.39 is 0 Å². The van der Waals surface area contributed by atoms with Gasteiger partial charge in [0.05, 0.1) is 5.69 Å². The van der Waals surface area contributed by atoms with Crippen LogP contribution in [0.5, 0.6) is 0 Å². The highest BCUT2D eigenvalue weighted by molar-refractivity contribution is 5.29. The fourth-order valence-electron chi connectivity index (χ4n) is 2.28. The van der Waals surface area contributed by atoms with Crippen molar-refractivity contribution in [1.29, 1.82) is 0 Å². The molecule has 2 heterocycles. The van der Waals surface area contributed by atoms with E-state index in [0.29, 0.717) is 11.9 Å². The maximum Gasteiger partial charge on any atom is 0.145 e. The van der Waals surface area contributed by atoms with Gasteiger partial charge in [-0.1, -0.05) is 6.42 Å². The van der Waals surface area contributed by atoms with Crippen molar-refractivity contribution >= 4 is 5.82 Å². The van der Waals surface area contributed by atoms with Crippen LogP contribution in [0.2, 0.25) is 0 Å². The van der Waals surface area contributed by atoms with Crippen LogP contribution in [0.1, 0.15) is 31.9 Å². The van der Waals surface area contributed by atoms with Gasteiger partial charge in [-0.2, -0.15) is 5.10 Å². The zero-order chi connectivity index (χ0) is 10.8. The number of aromatic nitrogens is 2. The van der Waals surface area contributed by atoms with Gasteiger partial charge in [0.25, 0.3) is 0 Å². The minimum atomic E-state index is 0.622. The van der Waals surface area contributed by atoms with Gasteiger partial charge in [-0.25, -0.2) is 0 Å².